The van der Waals surface area contributed by atoms with E-state index in [-0.39, 0.29) is 6.10 Å². The van der Waals surface area contributed by atoms with Gasteiger partial charge in [0.2, 0.25) is 0 Å². The van der Waals surface area contributed by atoms with Crippen LogP contribution in [0.4, 0.5) is 0 Å². The number of ether oxygens (including phenoxy) is 1. The van der Waals surface area contributed by atoms with Gasteiger partial charge in [-0.1, -0.05) is 189 Å². The average Bonchev–Trinajstić information content (AvgIpc) is 3.70. The summed E-state index contributed by atoms with van der Waals surface area (Å²) in [5.74, 6) is 10.4. The molecule has 2 nitrogen and oxygen atoms in total. The minimum absolute atomic E-state index is 0.230. The van der Waals surface area contributed by atoms with Gasteiger partial charge in [-0.15, -0.1) is 0 Å². The first-order valence-electron chi connectivity index (χ1n) is 20.8. The van der Waals surface area contributed by atoms with Crippen molar-refractivity contribution in [2.24, 2.45) is 17.8 Å². The molecule has 0 radical (unpaired) electrons. The van der Waals surface area contributed by atoms with Crippen LogP contribution in [-0.4, -0.2) is 12.2 Å². The Morgan fingerprint density at radius 3 is 2.00 bits per heavy atom. The van der Waals surface area contributed by atoms with Crippen LogP contribution in [-0.2, 0) is 12.8 Å². The minimum atomic E-state index is -0.230. The maximum absolute atomic E-state index is 9.65. The van der Waals surface area contributed by atoms with Gasteiger partial charge in [0.05, 0.1) is 13.2 Å². The lowest BCUT2D eigenvalue weighted by Crippen LogP contribution is -2.00. The van der Waals surface area contributed by atoms with E-state index in [1.807, 2.05) is 30.3 Å². The standard InChI is InChI=1S/C11H14.C11H12.C10H12O.C10H14O.C9H18/c1-2-9-8-11(9)10-6-4-3-5-7-10;1-3-4-5-11-8-6-10(2)7-9-11;1-7-6-8-4-2-3-5-9(8)10(7)11;1-3-4-9-5-7-10(11-2)8-6-9;1-2-3-6-9-7-4-5-8-9/h3-7,9,11H,2,8H2,1H3;6-9H,3H2,1-2H3;2-5,7,10-11H,6H2,1H3;5-8H,3-4H2,1-2H3;9H,2-8H2,1H3. The Hall–Kier alpha value is -3.80. The fraction of sp³-hybridized carbons (Fsp3) is 0.490. The Balaban J connectivity index is 0.000000179. The third-order valence-corrected chi connectivity index (χ3v) is 10.7. The van der Waals surface area contributed by atoms with Gasteiger partial charge in [-0.25, -0.2) is 0 Å². The van der Waals surface area contributed by atoms with Crippen LogP contribution in [0.15, 0.2) is 103 Å². The largest absolute Gasteiger partial charge is 0.497 e. The number of aliphatic hydroxyl groups excluding tert-OH is 1. The molecule has 2 heteroatoms. The molecule has 4 unspecified atom stereocenters. The highest BCUT2D eigenvalue weighted by molar-refractivity contribution is 5.36. The molecular weight excluding hydrogens is 645 g/mol. The van der Waals surface area contributed by atoms with E-state index in [1.54, 1.807) is 12.7 Å². The molecule has 53 heavy (non-hydrogen) atoms. The summed E-state index contributed by atoms with van der Waals surface area (Å²) < 4.78 is 5.05. The van der Waals surface area contributed by atoms with Crippen molar-refractivity contribution in [2.45, 2.75) is 137 Å². The third-order valence-electron chi connectivity index (χ3n) is 10.7. The van der Waals surface area contributed by atoms with Crippen molar-refractivity contribution in [2.75, 3.05) is 7.11 Å². The number of methoxy groups -OCH3 is 1. The van der Waals surface area contributed by atoms with Gasteiger partial charge in [-0.3, -0.25) is 0 Å². The van der Waals surface area contributed by atoms with Crippen LogP contribution in [0.2, 0.25) is 0 Å². The van der Waals surface area contributed by atoms with Crippen molar-refractivity contribution in [1.29, 1.82) is 0 Å². The summed E-state index contributed by atoms with van der Waals surface area (Å²) in [6, 6.07) is 35.5. The first-order valence-corrected chi connectivity index (χ1v) is 20.8. The Labute approximate surface area is 324 Å². The van der Waals surface area contributed by atoms with E-state index in [9.17, 15) is 5.11 Å². The predicted octanol–water partition coefficient (Wildman–Crippen LogP) is 13.9. The van der Waals surface area contributed by atoms with E-state index in [4.69, 9.17) is 4.74 Å². The summed E-state index contributed by atoms with van der Waals surface area (Å²) in [7, 11) is 1.69. The van der Waals surface area contributed by atoms with Crippen molar-refractivity contribution in [3.05, 3.63) is 137 Å². The summed E-state index contributed by atoms with van der Waals surface area (Å²) in [4.78, 5) is 0. The smallest absolute Gasteiger partial charge is 0.118 e. The van der Waals surface area contributed by atoms with Crippen molar-refractivity contribution >= 4 is 0 Å². The van der Waals surface area contributed by atoms with Crippen LogP contribution in [0, 0.1) is 36.5 Å². The number of unbranched alkanes of at least 4 members (excludes halogenated alkanes) is 1. The van der Waals surface area contributed by atoms with Crippen molar-refractivity contribution < 1.29 is 9.84 Å². The van der Waals surface area contributed by atoms with Crippen molar-refractivity contribution in [1.82, 2.24) is 0 Å². The molecule has 0 amide bonds. The average molecular weight is 715 g/mol. The Kier molecular flexibility index (Phi) is 20.8. The lowest BCUT2D eigenvalue weighted by molar-refractivity contribution is 0.133. The topological polar surface area (TPSA) is 29.5 Å². The van der Waals surface area contributed by atoms with E-state index >= 15 is 0 Å². The number of aryl methyl sites for hydroxylation is 2. The summed E-state index contributed by atoms with van der Waals surface area (Å²) in [5.41, 5.74) is 7.75. The van der Waals surface area contributed by atoms with E-state index in [0.717, 1.165) is 53.9 Å². The van der Waals surface area contributed by atoms with Gasteiger partial charge >= 0.3 is 0 Å². The summed E-state index contributed by atoms with van der Waals surface area (Å²) in [6.45, 7) is 13.0. The zero-order chi connectivity index (χ0) is 38.3. The van der Waals surface area contributed by atoms with Gasteiger partial charge in [0.25, 0.3) is 0 Å². The summed E-state index contributed by atoms with van der Waals surface area (Å²) in [5, 5.41) is 9.65. The van der Waals surface area contributed by atoms with Gasteiger partial charge in [0.15, 0.2) is 0 Å². The van der Waals surface area contributed by atoms with Crippen LogP contribution < -0.4 is 4.74 Å². The maximum Gasteiger partial charge on any atom is 0.118 e. The van der Waals surface area contributed by atoms with E-state index in [2.05, 4.69) is 126 Å². The first-order chi connectivity index (χ1) is 25.8. The lowest BCUT2D eigenvalue weighted by atomic mass is 10.0. The van der Waals surface area contributed by atoms with E-state index in [1.165, 1.54) is 80.9 Å². The fourth-order valence-corrected chi connectivity index (χ4v) is 7.28. The second-order valence-electron chi connectivity index (χ2n) is 15.2. The molecule has 3 aliphatic carbocycles. The second-order valence-corrected chi connectivity index (χ2v) is 15.2. The summed E-state index contributed by atoms with van der Waals surface area (Å²) >= 11 is 0. The molecule has 0 aromatic heterocycles. The molecule has 0 bridgehead atoms. The normalized spacial score (nSPS) is 19.2. The van der Waals surface area contributed by atoms with Crippen LogP contribution in [0.25, 0.3) is 0 Å². The van der Waals surface area contributed by atoms with Crippen LogP contribution in [0.5, 0.6) is 5.75 Å². The Morgan fingerprint density at radius 2 is 1.43 bits per heavy atom. The Bertz CT molecular complexity index is 1570. The molecule has 3 aliphatic rings. The molecule has 0 saturated heterocycles. The first kappa shape index (κ1) is 43.6. The van der Waals surface area contributed by atoms with Crippen LogP contribution in [0.1, 0.15) is 151 Å². The zero-order valence-corrected chi connectivity index (χ0v) is 34.2. The number of aliphatic hydroxyl groups is 1. The van der Waals surface area contributed by atoms with Gasteiger partial charge < -0.3 is 9.84 Å². The van der Waals surface area contributed by atoms with Crippen LogP contribution >= 0.6 is 0 Å². The SMILES string of the molecule is CC1Cc2ccccc2C1O.CCC#Cc1ccc(C)cc1.CCC1CC1c1ccccc1.CCCCC1CCCC1.CCCc1ccc(OC)cc1. The number of hydrogen-bond acceptors (Lipinski definition) is 2. The quantitative estimate of drug-likeness (QED) is 0.184. The number of rotatable bonds is 8. The molecule has 2 fully saturated rings. The van der Waals surface area contributed by atoms with E-state index in [0.29, 0.717) is 5.92 Å². The van der Waals surface area contributed by atoms with Crippen LogP contribution in [0.3, 0.4) is 0 Å². The number of fused-ring (bicyclic) bond motifs is 1. The molecule has 4 aromatic carbocycles. The molecule has 4 aromatic rings. The second kappa shape index (κ2) is 25.3. The number of benzene rings is 4. The molecule has 2 saturated carbocycles. The van der Waals surface area contributed by atoms with Gasteiger partial charge in [0.1, 0.15) is 5.75 Å². The van der Waals surface area contributed by atoms with Gasteiger partial charge in [0, 0.05) is 12.0 Å². The predicted molar refractivity (Wildman–Crippen MR) is 229 cm³/mol. The highest BCUT2D eigenvalue weighted by Crippen LogP contribution is 2.49. The molecule has 7 rings (SSSR count). The molecule has 4 atom stereocenters. The molecule has 0 aliphatic heterocycles. The van der Waals surface area contributed by atoms with Gasteiger partial charge in [-0.2, -0.15) is 0 Å². The van der Waals surface area contributed by atoms with Gasteiger partial charge in [-0.05, 0) is 96.4 Å². The van der Waals surface area contributed by atoms with Crippen molar-refractivity contribution in [3.63, 3.8) is 0 Å². The zero-order valence-electron chi connectivity index (χ0n) is 34.2. The fourth-order valence-electron chi connectivity index (χ4n) is 7.28. The minimum Gasteiger partial charge on any atom is -0.497 e. The monoisotopic (exact) mass is 715 g/mol. The Morgan fingerprint density at radius 1 is 0.774 bits per heavy atom. The molecule has 1 N–H and O–H groups in total. The highest BCUT2D eigenvalue weighted by Gasteiger charge is 2.36. The third kappa shape index (κ3) is 16.4. The van der Waals surface area contributed by atoms with Crippen molar-refractivity contribution in [3.8, 4) is 17.6 Å². The number of hydrogen-bond donors (Lipinski definition) is 1. The highest BCUT2D eigenvalue weighted by atomic mass is 16.5. The molecule has 0 spiro atoms. The van der Waals surface area contributed by atoms with E-state index < -0.39 is 0 Å². The lowest BCUT2D eigenvalue weighted by Gasteiger charge is -2.07. The summed E-state index contributed by atoms with van der Waals surface area (Å²) in [6.07, 6.45) is 17.3. The maximum atomic E-state index is 9.65. The molecule has 0 heterocycles. The molecule has 286 valence electrons. The molecular formula is C51H70O2.